The van der Waals surface area contributed by atoms with Gasteiger partial charge in [-0.1, -0.05) is 31.5 Å². The Bertz CT molecular complexity index is 626. The molecule has 2 aliphatic rings. The molecule has 0 saturated heterocycles. The third kappa shape index (κ3) is 4.94. The highest BCUT2D eigenvalue weighted by molar-refractivity contribution is 7.80. The van der Waals surface area contributed by atoms with Crippen molar-refractivity contribution in [1.29, 1.82) is 0 Å². The summed E-state index contributed by atoms with van der Waals surface area (Å²) in [5.41, 5.74) is 2.34. The molecule has 1 N–H and O–H groups in total. The SMILES string of the molecule is CN(C(=O)CCCOc1ccc2c(c1)CCC(=S)N2)C1CCCCC1. The first kappa shape index (κ1) is 18.2. The largest absolute Gasteiger partial charge is 0.494 e. The number of ether oxygens (including phenoxy) is 1. The number of anilines is 1. The predicted molar refractivity (Wildman–Crippen MR) is 105 cm³/mol. The lowest BCUT2D eigenvalue weighted by molar-refractivity contribution is -0.132. The highest BCUT2D eigenvalue weighted by Crippen LogP contribution is 2.27. The number of carbonyl (C=O) groups excluding carboxylic acids is 1. The number of thiocarbonyl (C=S) groups is 1. The Balaban J connectivity index is 1.41. The van der Waals surface area contributed by atoms with Crippen molar-refractivity contribution in [3.05, 3.63) is 23.8 Å². The number of hydrogen-bond acceptors (Lipinski definition) is 3. The van der Waals surface area contributed by atoms with Gasteiger partial charge in [-0.15, -0.1) is 0 Å². The Morgan fingerprint density at radius 3 is 2.88 bits per heavy atom. The van der Waals surface area contributed by atoms with E-state index in [2.05, 4.69) is 11.4 Å². The van der Waals surface area contributed by atoms with Crippen molar-refractivity contribution in [3.8, 4) is 5.75 Å². The molecule has 1 fully saturated rings. The quantitative estimate of drug-likeness (QED) is 0.606. The zero-order chi connectivity index (χ0) is 17.6. The van der Waals surface area contributed by atoms with Crippen molar-refractivity contribution >= 4 is 28.8 Å². The highest BCUT2D eigenvalue weighted by atomic mass is 32.1. The van der Waals surface area contributed by atoms with E-state index >= 15 is 0 Å². The summed E-state index contributed by atoms with van der Waals surface area (Å²) < 4.78 is 5.84. The van der Waals surface area contributed by atoms with Gasteiger partial charge in [0.25, 0.3) is 0 Å². The molecule has 5 heteroatoms. The number of hydrogen-bond donors (Lipinski definition) is 1. The van der Waals surface area contributed by atoms with E-state index in [1.165, 1.54) is 24.8 Å². The number of nitrogens with zero attached hydrogens (tertiary/aromatic N) is 1. The first-order valence-corrected chi connectivity index (χ1v) is 9.85. The molecule has 0 radical (unpaired) electrons. The standard InChI is InChI=1S/C20H28N2O2S/c1-22(16-6-3-2-4-7-16)20(23)8-5-13-24-17-10-11-18-15(14-17)9-12-19(25)21-18/h10-11,14,16H,2-9,12-13H2,1H3,(H,21,25). The van der Waals surface area contributed by atoms with Crippen LogP contribution in [0, 0.1) is 0 Å². The van der Waals surface area contributed by atoms with Gasteiger partial charge in [-0.05, 0) is 49.4 Å². The van der Waals surface area contributed by atoms with Crippen LogP contribution < -0.4 is 10.1 Å². The fraction of sp³-hybridized carbons (Fsp3) is 0.600. The molecule has 1 heterocycles. The molecule has 3 rings (SSSR count). The molecule has 0 atom stereocenters. The lowest BCUT2D eigenvalue weighted by atomic mass is 9.94. The number of carbonyl (C=O) groups is 1. The molecule has 1 aliphatic carbocycles. The number of amides is 1. The fourth-order valence-electron chi connectivity index (χ4n) is 3.71. The van der Waals surface area contributed by atoms with Gasteiger partial charge in [0.05, 0.1) is 11.6 Å². The summed E-state index contributed by atoms with van der Waals surface area (Å²) >= 11 is 5.21. The molecular weight excluding hydrogens is 332 g/mol. The van der Waals surface area contributed by atoms with E-state index in [-0.39, 0.29) is 5.91 Å². The van der Waals surface area contributed by atoms with Gasteiger partial charge in [0, 0.05) is 31.6 Å². The molecule has 1 aromatic carbocycles. The Morgan fingerprint density at radius 2 is 2.08 bits per heavy atom. The van der Waals surface area contributed by atoms with E-state index in [0.29, 0.717) is 19.1 Å². The smallest absolute Gasteiger partial charge is 0.222 e. The van der Waals surface area contributed by atoms with E-state index in [1.54, 1.807) is 0 Å². The fourth-order valence-corrected chi connectivity index (χ4v) is 3.92. The van der Waals surface area contributed by atoms with Crippen LogP contribution in [0.2, 0.25) is 0 Å². The second-order valence-corrected chi connectivity index (χ2v) is 7.61. The molecule has 0 aromatic heterocycles. The van der Waals surface area contributed by atoms with Gasteiger partial charge in [-0.25, -0.2) is 0 Å². The van der Waals surface area contributed by atoms with Crippen LogP contribution in [0.3, 0.4) is 0 Å². The Labute approximate surface area is 155 Å². The summed E-state index contributed by atoms with van der Waals surface area (Å²) in [6.45, 7) is 0.578. The minimum atomic E-state index is 0.249. The van der Waals surface area contributed by atoms with Crippen LogP contribution in [0.5, 0.6) is 5.75 Å². The average Bonchev–Trinajstić information content (AvgIpc) is 2.65. The Hall–Kier alpha value is -1.62. The number of aryl methyl sites for hydroxylation is 1. The van der Waals surface area contributed by atoms with E-state index in [1.807, 2.05) is 24.1 Å². The van der Waals surface area contributed by atoms with Crippen molar-refractivity contribution in [3.63, 3.8) is 0 Å². The molecule has 0 unspecified atom stereocenters. The summed E-state index contributed by atoms with van der Waals surface area (Å²) in [5, 5.41) is 3.24. The lowest BCUT2D eigenvalue weighted by Crippen LogP contribution is -2.38. The minimum absolute atomic E-state index is 0.249. The molecular formula is C20H28N2O2S. The van der Waals surface area contributed by atoms with Crippen LogP contribution in [0.15, 0.2) is 18.2 Å². The molecule has 0 bridgehead atoms. The Morgan fingerprint density at radius 1 is 1.28 bits per heavy atom. The third-order valence-electron chi connectivity index (χ3n) is 5.29. The van der Waals surface area contributed by atoms with Gasteiger partial charge < -0.3 is 15.0 Å². The second-order valence-electron chi connectivity index (χ2n) is 7.12. The van der Waals surface area contributed by atoms with Crippen molar-refractivity contribution in [2.75, 3.05) is 19.0 Å². The van der Waals surface area contributed by atoms with Gasteiger partial charge in [-0.2, -0.15) is 0 Å². The van der Waals surface area contributed by atoms with Gasteiger partial charge in [-0.3, -0.25) is 4.79 Å². The first-order chi connectivity index (χ1) is 12.1. The molecule has 4 nitrogen and oxygen atoms in total. The molecule has 0 spiro atoms. The molecule has 136 valence electrons. The maximum absolute atomic E-state index is 12.3. The maximum atomic E-state index is 12.3. The number of rotatable bonds is 6. The average molecular weight is 361 g/mol. The summed E-state index contributed by atoms with van der Waals surface area (Å²) in [4.78, 5) is 15.2. The van der Waals surface area contributed by atoms with Crippen molar-refractivity contribution in [2.24, 2.45) is 0 Å². The van der Waals surface area contributed by atoms with Crippen LogP contribution in [0.1, 0.15) is 56.9 Å². The number of fused-ring (bicyclic) bond motifs is 1. The summed E-state index contributed by atoms with van der Waals surface area (Å²) in [6.07, 6.45) is 9.32. The molecule has 1 amide bonds. The van der Waals surface area contributed by atoms with E-state index in [9.17, 15) is 4.79 Å². The molecule has 1 aromatic rings. The van der Waals surface area contributed by atoms with E-state index in [4.69, 9.17) is 17.0 Å². The maximum Gasteiger partial charge on any atom is 0.222 e. The van der Waals surface area contributed by atoms with Gasteiger partial charge in [0.15, 0.2) is 0 Å². The van der Waals surface area contributed by atoms with Crippen LogP contribution in [0.25, 0.3) is 0 Å². The topological polar surface area (TPSA) is 41.6 Å². The highest BCUT2D eigenvalue weighted by Gasteiger charge is 2.21. The first-order valence-electron chi connectivity index (χ1n) is 9.45. The van der Waals surface area contributed by atoms with E-state index < -0.39 is 0 Å². The summed E-state index contributed by atoms with van der Waals surface area (Å²) in [7, 11) is 1.96. The number of nitrogens with one attached hydrogen (secondary N) is 1. The molecule has 25 heavy (non-hydrogen) atoms. The Kier molecular flexibility index (Phi) is 6.29. The molecule has 1 aliphatic heterocycles. The van der Waals surface area contributed by atoms with Crippen LogP contribution in [0.4, 0.5) is 5.69 Å². The second kappa shape index (κ2) is 8.65. The van der Waals surface area contributed by atoms with Crippen LogP contribution >= 0.6 is 12.2 Å². The normalized spacial score (nSPS) is 17.6. The van der Waals surface area contributed by atoms with Gasteiger partial charge in [0.1, 0.15) is 5.75 Å². The van der Waals surface area contributed by atoms with Gasteiger partial charge in [0.2, 0.25) is 5.91 Å². The van der Waals surface area contributed by atoms with Crippen molar-refractivity contribution in [2.45, 2.75) is 63.8 Å². The minimum Gasteiger partial charge on any atom is -0.494 e. The zero-order valence-corrected chi connectivity index (χ0v) is 15.9. The summed E-state index contributed by atoms with van der Waals surface area (Å²) in [5.74, 6) is 1.13. The van der Waals surface area contributed by atoms with E-state index in [0.717, 1.165) is 48.5 Å². The third-order valence-corrected chi connectivity index (χ3v) is 5.60. The predicted octanol–water partition coefficient (Wildman–Crippen LogP) is 4.32. The van der Waals surface area contributed by atoms with Crippen LogP contribution in [-0.2, 0) is 11.2 Å². The van der Waals surface area contributed by atoms with Crippen LogP contribution in [-0.4, -0.2) is 35.5 Å². The van der Waals surface area contributed by atoms with Crippen molar-refractivity contribution in [1.82, 2.24) is 4.90 Å². The van der Waals surface area contributed by atoms with Crippen molar-refractivity contribution < 1.29 is 9.53 Å². The molecule has 1 saturated carbocycles. The monoisotopic (exact) mass is 360 g/mol. The summed E-state index contributed by atoms with van der Waals surface area (Å²) in [6, 6.07) is 6.52. The lowest BCUT2D eigenvalue weighted by Gasteiger charge is -2.31. The zero-order valence-electron chi connectivity index (χ0n) is 15.1. The number of benzene rings is 1. The van der Waals surface area contributed by atoms with Gasteiger partial charge >= 0.3 is 0 Å².